The van der Waals surface area contributed by atoms with E-state index >= 15 is 0 Å². The second-order valence-corrected chi connectivity index (χ2v) is 6.53. The molecule has 1 unspecified atom stereocenters. The molecule has 4 nitrogen and oxygen atoms in total. The lowest BCUT2D eigenvalue weighted by molar-refractivity contribution is 0.679. The van der Waals surface area contributed by atoms with Crippen LogP contribution in [0, 0.1) is 0 Å². The van der Waals surface area contributed by atoms with E-state index in [1.54, 1.807) is 0 Å². The minimum Gasteiger partial charge on any atom is -0.378 e. The molecule has 0 saturated carbocycles. The molecule has 2 aromatic rings. The number of hydrogen-bond acceptors (Lipinski definition) is 4. The molecule has 4 heteroatoms. The van der Waals surface area contributed by atoms with Gasteiger partial charge in [-0.2, -0.15) is 0 Å². The molecule has 1 aliphatic rings. The molecule has 122 valence electrons. The van der Waals surface area contributed by atoms with Crippen LogP contribution in [-0.4, -0.2) is 34.7 Å². The molecule has 0 amide bonds. The van der Waals surface area contributed by atoms with Gasteiger partial charge >= 0.3 is 0 Å². The average Bonchev–Trinajstić information content (AvgIpc) is 2.93. The highest BCUT2D eigenvalue weighted by atomic mass is 15.2. The van der Waals surface area contributed by atoms with E-state index in [2.05, 4.69) is 85.4 Å². The van der Waals surface area contributed by atoms with Gasteiger partial charge < -0.3 is 20.4 Å². The SMILES string of the molecule is CN(C)c1cccc(N2Cc3c(cccc3N(C)C)C2CN)c1. The van der Waals surface area contributed by atoms with Crippen molar-refractivity contribution in [3.8, 4) is 0 Å². The molecule has 1 atom stereocenters. The Morgan fingerprint density at radius 1 is 1.04 bits per heavy atom. The summed E-state index contributed by atoms with van der Waals surface area (Å²) in [6.45, 7) is 1.53. The van der Waals surface area contributed by atoms with E-state index in [9.17, 15) is 0 Å². The van der Waals surface area contributed by atoms with Gasteiger partial charge in [-0.05, 0) is 29.8 Å². The minimum absolute atomic E-state index is 0.238. The fourth-order valence-electron chi connectivity index (χ4n) is 3.42. The number of hydrogen-bond donors (Lipinski definition) is 1. The van der Waals surface area contributed by atoms with Crippen molar-refractivity contribution >= 4 is 17.1 Å². The lowest BCUT2D eigenvalue weighted by Crippen LogP contribution is -2.27. The summed E-state index contributed by atoms with van der Waals surface area (Å²) < 4.78 is 0. The van der Waals surface area contributed by atoms with Gasteiger partial charge in [0.2, 0.25) is 0 Å². The summed E-state index contributed by atoms with van der Waals surface area (Å²) in [5.41, 5.74) is 12.6. The van der Waals surface area contributed by atoms with Gasteiger partial charge in [0.05, 0.1) is 6.04 Å². The Hall–Kier alpha value is -2.20. The maximum absolute atomic E-state index is 6.13. The van der Waals surface area contributed by atoms with Gasteiger partial charge in [-0.3, -0.25) is 0 Å². The first-order valence-electron chi connectivity index (χ1n) is 8.06. The lowest BCUT2D eigenvalue weighted by atomic mass is 10.0. The van der Waals surface area contributed by atoms with Gasteiger partial charge in [-0.1, -0.05) is 18.2 Å². The van der Waals surface area contributed by atoms with E-state index < -0.39 is 0 Å². The molecule has 2 aromatic carbocycles. The van der Waals surface area contributed by atoms with Crippen LogP contribution < -0.4 is 20.4 Å². The number of nitrogens with two attached hydrogens (primary N) is 1. The molecule has 0 saturated heterocycles. The maximum atomic E-state index is 6.13. The van der Waals surface area contributed by atoms with Gasteiger partial charge in [-0.25, -0.2) is 0 Å². The van der Waals surface area contributed by atoms with Crippen molar-refractivity contribution in [3.05, 3.63) is 53.6 Å². The minimum atomic E-state index is 0.238. The van der Waals surface area contributed by atoms with Crippen LogP contribution >= 0.6 is 0 Å². The summed E-state index contributed by atoms with van der Waals surface area (Å²) in [5, 5.41) is 0. The standard InChI is InChI=1S/C19H26N4/c1-21(2)14-7-5-8-15(11-14)23-13-17-16(19(23)12-20)9-6-10-18(17)22(3)4/h5-11,19H,12-13,20H2,1-4H3. The van der Waals surface area contributed by atoms with E-state index in [-0.39, 0.29) is 6.04 Å². The zero-order valence-corrected chi connectivity index (χ0v) is 14.5. The first kappa shape index (κ1) is 15.7. The summed E-state index contributed by atoms with van der Waals surface area (Å²) in [6, 6.07) is 15.4. The van der Waals surface area contributed by atoms with Crippen LogP contribution in [0.4, 0.5) is 17.1 Å². The second kappa shape index (κ2) is 6.13. The fourth-order valence-corrected chi connectivity index (χ4v) is 3.42. The molecule has 1 heterocycles. The Bertz CT molecular complexity index is 694. The molecular formula is C19H26N4. The van der Waals surface area contributed by atoms with E-state index in [0.717, 1.165) is 6.54 Å². The Balaban J connectivity index is 2.02. The Morgan fingerprint density at radius 3 is 2.43 bits per heavy atom. The van der Waals surface area contributed by atoms with E-state index in [1.807, 2.05) is 0 Å². The number of rotatable bonds is 4. The molecule has 0 radical (unpaired) electrons. The van der Waals surface area contributed by atoms with Crippen LogP contribution in [0.5, 0.6) is 0 Å². The van der Waals surface area contributed by atoms with Gasteiger partial charge in [0.15, 0.2) is 0 Å². The third-order valence-electron chi connectivity index (χ3n) is 4.63. The molecule has 2 N–H and O–H groups in total. The molecule has 0 bridgehead atoms. The fraction of sp³-hybridized carbons (Fsp3) is 0.368. The van der Waals surface area contributed by atoms with Crippen molar-refractivity contribution in [1.29, 1.82) is 0 Å². The molecule has 0 spiro atoms. The van der Waals surface area contributed by atoms with Crippen LogP contribution in [0.25, 0.3) is 0 Å². The van der Waals surface area contributed by atoms with Crippen LogP contribution in [0.1, 0.15) is 17.2 Å². The van der Waals surface area contributed by atoms with Gasteiger partial charge in [0, 0.05) is 63.9 Å². The monoisotopic (exact) mass is 310 g/mol. The maximum Gasteiger partial charge on any atom is 0.0672 e. The van der Waals surface area contributed by atoms with Gasteiger partial charge in [0.25, 0.3) is 0 Å². The highest BCUT2D eigenvalue weighted by Gasteiger charge is 2.31. The first-order chi connectivity index (χ1) is 11.0. The largest absolute Gasteiger partial charge is 0.378 e. The average molecular weight is 310 g/mol. The van der Waals surface area contributed by atoms with Crippen molar-refractivity contribution in [2.45, 2.75) is 12.6 Å². The predicted molar refractivity (Wildman–Crippen MR) is 99.5 cm³/mol. The molecular weight excluding hydrogens is 284 g/mol. The number of fused-ring (bicyclic) bond motifs is 1. The second-order valence-electron chi connectivity index (χ2n) is 6.53. The Morgan fingerprint density at radius 2 is 1.78 bits per heavy atom. The molecule has 1 aliphatic heterocycles. The molecule has 0 aliphatic carbocycles. The number of anilines is 3. The van der Waals surface area contributed by atoms with Crippen molar-refractivity contribution in [2.75, 3.05) is 49.4 Å². The Kier molecular flexibility index (Phi) is 4.18. The highest BCUT2D eigenvalue weighted by molar-refractivity contribution is 5.66. The van der Waals surface area contributed by atoms with E-state index in [1.165, 1.54) is 28.2 Å². The number of nitrogens with zero attached hydrogens (tertiary/aromatic N) is 3. The van der Waals surface area contributed by atoms with Crippen LogP contribution in [-0.2, 0) is 6.54 Å². The highest BCUT2D eigenvalue weighted by Crippen LogP contribution is 2.41. The van der Waals surface area contributed by atoms with Gasteiger partial charge in [-0.15, -0.1) is 0 Å². The van der Waals surface area contributed by atoms with Crippen molar-refractivity contribution in [3.63, 3.8) is 0 Å². The Labute approximate surface area is 139 Å². The van der Waals surface area contributed by atoms with Crippen LogP contribution in [0.15, 0.2) is 42.5 Å². The van der Waals surface area contributed by atoms with E-state index in [0.29, 0.717) is 6.54 Å². The van der Waals surface area contributed by atoms with Crippen molar-refractivity contribution in [1.82, 2.24) is 0 Å². The lowest BCUT2D eigenvalue weighted by Gasteiger charge is -2.27. The summed E-state index contributed by atoms with van der Waals surface area (Å²) in [5.74, 6) is 0. The topological polar surface area (TPSA) is 35.7 Å². The van der Waals surface area contributed by atoms with Crippen LogP contribution in [0.3, 0.4) is 0 Å². The molecule has 0 fully saturated rings. The van der Waals surface area contributed by atoms with Gasteiger partial charge in [0.1, 0.15) is 0 Å². The normalized spacial score (nSPS) is 16.4. The predicted octanol–water partition coefficient (Wildman–Crippen LogP) is 2.84. The zero-order chi connectivity index (χ0) is 16.6. The summed E-state index contributed by atoms with van der Waals surface area (Å²) in [7, 11) is 8.34. The molecule has 3 rings (SSSR count). The van der Waals surface area contributed by atoms with Crippen molar-refractivity contribution in [2.24, 2.45) is 5.73 Å². The summed E-state index contributed by atoms with van der Waals surface area (Å²) in [4.78, 5) is 6.74. The zero-order valence-electron chi connectivity index (χ0n) is 14.5. The van der Waals surface area contributed by atoms with Crippen LogP contribution in [0.2, 0.25) is 0 Å². The number of benzene rings is 2. The quantitative estimate of drug-likeness (QED) is 0.942. The summed E-state index contributed by atoms with van der Waals surface area (Å²) in [6.07, 6.45) is 0. The summed E-state index contributed by atoms with van der Waals surface area (Å²) >= 11 is 0. The van der Waals surface area contributed by atoms with E-state index in [4.69, 9.17) is 5.73 Å². The molecule has 23 heavy (non-hydrogen) atoms. The third kappa shape index (κ3) is 2.75. The first-order valence-corrected chi connectivity index (χ1v) is 8.06. The third-order valence-corrected chi connectivity index (χ3v) is 4.63. The molecule has 0 aromatic heterocycles. The van der Waals surface area contributed by atoms with Crippen molar-refractivity contribution < 1.29 is 0 Å². The smallest absolute Gasteiger partial charge is 0.0672 e.